The highest BCUT2D eigenvalue weighted by molar-refractivity contribution is 4.92. The Bertz CT molecular complexity index is 293. The minimum Gasteiger partial charge on any atom is -0.330 e. The van der Waals surface area contributed by atoms with Crippen LogP contribution in [-0.4, -0.2) is 21.3 Å². The van der Waals surface area contributed by atoms with Crippen molar-refractivity contribution in [3.8, 4) is 0 Å². The molecule has 1 heterocycles. The van der Waals surface area contributed by atoms with Gasteiger partial charge >= 0.3 is 0 Å². The van der Waals surface area contributed by atoms with Crippen LogP contribution in [0.25, 0.3) is 0 Å². The zero-order valence-electron chi connectivity index (χ0n) is 10.0. The summed E-state index contributed by atoms with van der Waals surface area (Å²) < 4.78 is 1.90. The molecule has 1 aromatic rings. The van der Waals surface area contributed by atoms with Crippen molar-refractivity contribution in [2.45, 2.75) is 39.5 Å². The maximum atomic E-state index is 5.52. The lowest BCUT2D eigenvalue weighted by Crippen LogP contribution is -2.08. The molecule has 0 bridgehead atoms. The zero-order valence-corrected chi connectivity index (χ0v) is 10.0. The zero-order chi connectivity index (χ0) is 11.3. The summed E-state index contributed by atoms with van der Waals surface area (Å²) in [6, 6.07) is 0. The van der Waals surface area contributed by atoms with E-state index in [-0.39, 0.29) is 0 Å². The predicted molar refractivity (Wildman–Crippen MR) is 61.5 cm³/mol. The molecule has 0 saturated heterocycles. The minimum atomic E-state index is 0.678. The smallest absolute Gasteiger partial charge is 0.150 e. The monoisotopic (exact) mass is 210 g/mol. The summed E-state index contributed by atoms with van der Waals surface area (Å²) in [7, 11) is 1.97. The van der Waals surface area contributed by atoms with E-state index >= 15 is 0 Å². The van der Waals surface area contributed by atoms with Crippen LogP contribution in [0.2, 0.25) is 0 Å². The average Bonchev–Trinajstić information content (AvgIpc) is 2.57. The van der Waals surface area contributed by atoms with Gasteiger partial charge in [-0.25, -0.2) is 4.98 Å². The number of rotatable bonds is 6. The lowest BCUT2D eigenvalue weighted by Gasteiger charge is -2.08. The maximum Gasteiger partial charge on any atom is 0.150 e. The second kappa shape index (κ2) is 5.85. The van der Waals surface area contributed by atoms with Crippen molar-refractivity contribution in [1.29, 1.82) is 0 Å². The number of aryl methyl sites for hydroxylation is 3. The van der Waals surface area contributed by atoms with Gasteiger partial charge in [0.25, 0.3) is 0 Å². The predicted octanol–water partition coefficient (Wildman–Crippen LogP) is 1.29. The highest BCUT2D eigenvalue weighted by Gasteiger charge is 2.07. The molecule has 1 rings (SSSR count). The Hall–Kier alpha value is -0.900. The summed E-state index contributed by atoms with van der Waals surface area (Å²) in [4.78, 5) is 4.48. The van der Waals surface area contributed by atoms with Gasteiger partial charge in [0, 0.05) is 19.9 Å². The Kier molecular flexibility index (Phi) is 4.75. The van der Waals surface area contributed by atoms with Crippen LogP contribution in [0.4, 0.5) is 0 Å². The van der Waals surface area contributed by atoms with Crippen LogP contribution < -0.4 is 5.73 Å². The number of hydrogen-bond donors (Lipinski definition) is 1. The molecule has 4 nitrogen and oxygen atoms in total. The molecule has 0 aliphatic rings. The third-order valence-corrected chi connectivity index (χ3v) is 2.73. The molecule has 0 radical (unpaired) electrons. The van der Waals surface area contributed by atoms with Crippen molar-refractivity contribution < 1.29 is 0 Å². The molecule has 2 N–H and O–H groups in total. The third-order valence-electron chi connectivity index (χ3n) is 2.73. The third kappa shape index (κ3) is 3.63. The van der Waals surface area contributed by atoms with Gasteiger partial charge < -0.3 is 5.73 Å². The van der Waals surface area contributed by atoms with Gasteiger partial charge in [0.2, 0.25) is 0 Å². The molecule has 1 unspecified atom stereocenters. The van der Waals surface area contributed by atoms with Gasteiger partial charge in [-0.15, -0.1) is 0 Å². The van der Waals surface area contributed by atoms with E-state index in [0.29, 0.717) is 5.92 Å². The fraction of sp³-hybridized carbons (Fsp3) is 0.818. The number of nitrogens with two attached hydrogens (primary N) is 1. The van der Waals surface area contributed by atoms with E-state index in [1.165, 1.54) is 0 Å². The molecule has 0 amide bonds. The first-order chi connectivity index (χ1) is 7.17. The molecular formula is C11H22N4. The van der Waals surface area contributed by atoms with Gasteiger partial charge in [-0.3, -0.25) is 4.68 Å². The highest BCUT2D eigenvalue weighted by Crippen LogP contribution is 2.10. The Morgan fingerprint density at radius 3 is 2.67 bits per heavy atom. The van der Waals surface area contributed by atoms with Gasteiger partial charge in [0.15, 0.2) is 5.82 Å². The SMILES string of the molecule is CCc1nc(CCC(C)CCN)n(C)n1. The molecule has 15 heavy (non-hydrogen) atoms. The Morgan fingerprint density at radius 2 is 2.13 bits per heavy atom. The Morgan fingerprint density at radius 1 is 1.40 bits per heavy atom. The second-order valence-corrected chi connectivity index (χ2v) is 4.14. The molecule has 0 spiro atoms. The standard InChI is InChI=1S/C11H22N4/c1-4-10-13-11(15(3)14-10)6-5-9(2)7-8-12/h9H,4-8,12H2,1-3H3. The highest BCUT2D eigenvalue weighted by atomic mass is 15.3. The summed E-state index contributed by atoms with van der Waals surface area (Å²) in [5.74, 6) is 2.71. The Balaban J connectivity index is 2.46. The van der Waals surface area contributed by atoms with Crippen LogP contribution in [0.15, 0.2) is 0 Å². The molecule has 0 fully saturated rings. The number of hydrogen-bond acceptors (Lipinski definition) is 3. The van der Waals surface area contributed by atoms with Gasteiger partial charge in [-0.1, -0.05) is 13.8 Å². The first-order valence-electron chi connectivity index (χ1n) is 5.76. The summed E-state index contributed by atoms with van der Waals surface area (Å²) in [5.41, 5.74) is 5.52. The van der Waals surface area contributed by atoms with E-state index in [2.05, 4.69) is 23.9 Å². The number of aromatic nitrogens is 3. The fourth-order valence-electron chi connectivity index (χ4n) is 1.65. The van der Waals surface area contributed by atoms with Crippen molar-refractivity contribution in [2.75, 3.05) is 6.54 Å². The molecule has 0 aliphatic heterocycles. The van der Waals surface area contributed by atoms with E-state index < -0.39 is 0 Å². The lowest BCUT2D eigenvalue weighted by molar-refractivity contribution is 0.487. The normalized spacial score (nSPS) is 13.1. The first kappa shape index (κ1) is 12.2. The molecule has 0 aromatic carbocycles. The van der Waals surface area contributed by atoms with Crippen molar-refractivity contribution in [2.24, 2.45) is 18.7 Å². The molecule has 4 heteroatoms. The van der Waals surface area contributed by atoms with Crippen molar-refractivity contribution in [3.05, 3.63) is 11.6 Å². The van der Waals surface area contributed by atoms with E-state index in [1.807, 2.05) is 11.7 Å². The quantitative estimate of drug-likeness (QED) is 0.770. The van der Waals surface area contributed by atoms with Crippen LogP contribution in [-0.2, 0) is 19.9 Å². The first-order valence-corrected chi connectivity index (χ1v) is 5.76. The summed E-state index contributed by atoms with van der Waals surface area (Å²) in [6.07, 6.45) is 4.15. The topological polar surface area (TPSA) is 56.7 Å². The summed E-state index contributed by atoms with van der Waals surface area (Å²) >= 11 is 0. The van der Waals surface area contributed by atoms with E-state index in [1.54, 1.807) is 0 Å². The summed E-state index contributed by atoms with van der Waals surface area (Å²) in [5, 5.41) is 4.33. The van der Waals surface area contributed by atoms with Gasteiger partial charge in [-0.05, 0) is 25.3 Å². The average molecular weight is 210 g/mol. The second-order valence-electron chi connectivity index (χ2n) is 4.14. The Labute approximate surface area is 91.9 Å². The number of nitrogens with zero attached hydrogens (tertiary/aromatic N) is 3. The van der Waals surface area contributed by atoms with Crippen LogP contribution >= 0.6 is 0 Å². The molecular weight excluding hydrogens is 188 g/mol. The van der Waals surface area contributed by atoms with E-state index in [0.717, 1.165) is 43.9 Å². The van der Waals surface area contributed by atoms with Crippen LogP contribution in [0.1, 0.15) is 38.3 Å². The van der Waals surface area contributed by atoms with Crippen LogP contribution in [0.5, 0.6) is 0 Å². The summed E-state index contributed by atoms with van der Waals surface area (Å²) in [6.45, 7) is 5.10. The van der Waals surface area contributed by atoms with E-state index in [4.69, 9.17) is 5.73 Å². The van der Waals surface area contributed by atoms with Crippen LogP contribution in [0.3, 0.4) is 0 Å². The molecule has 86 valence electrons. The molecule has 0 aliphatic carbocycles. The lowest BCUT2D eigenvalue weighted by atomic mass is 10.0. The van der Waals surface area contributed by atoms with E-state index in [9.17, 15) is 0 Å². The fourth-order valence-corrected chi connectivity index (χ4v) is 1.65. The largest absolute Gasteiger partial charge is 0.330 e. The van der Waals surface area contributed by atoms with Gasteiger partial charge in [-0.2, -0.15) is 5.10 Å². The van der Waals surface area contributed by atoms with Crippen molar-refractivity contribution >= 4 is 0 Å². The van der Waals surface area contributed by atoms with Crippen LogP contribution in [0, 0.1) is 5.92 Å². The van der Waals surface area contributed by atoms with Crippen molar-refractivity contribution in [1.82, 2.24) is 14.8 Å². The molecule has 1 aromatic heterocycles. The minimum absolute atomic E-state index is 0.678. The van der Waals surface area contributed by atoms with Gasteiger partial charge in [0.05, 0.1) is 0 Å². The van der Waals surface area contributed by atoms with Crippen molar-refractivity contribution in [3.63, 3.8) is 0 Å². The molecule has 1 atom stereocenters. The maximum absolute atomic E-state index is 5.52. The molecule has 0 saturated carbocycles. The van der Waals surface area contributed by atoms with Gasteiger partial charge in [0.1, 0.15) is 5.82 Å².